The van der Waals surface area contributed by atoms with E-state index in [9.17, 15) is 4.79 Å². The van der Waals surface area contributed by atoms with E-state index in [-0.39, 0.29) is 34.1 Å². The molecule has 9 rings (SSSR count). The quantitative estimate of drug-likeness (QED) is 0.0733. The molecule has 386 valence electrons. The molecular weight excluding hydrogens is 969 g/mol. The van der Waals surface area contributed by atoms with Crippen molar-refractivity contribution >= 4 is 54.3 Å². The first-order valence-corrected chi connectivity index (χ1v) is 29.7. The number of aryl methyl sites for hydroxylation is 1. The van der Waals surface area contributed by atoms with Gasteiger partial charge >= 0.3 is 22.6 Å². The van der Waals surface area contributed by atoms with Gasteiger partial charge in [-0.15, -0.1) is 0 Å². The van der Waals surface area contributed by atoms with E-state index in [0.717, 1.165) is 26.3 Å². The van der Waals surface area contributed by atoms with E-state index < -0.39 is 52.6 Å². The number of hydrogen-bond acceptors (Lipinski definition) is 9. The van der Waals surface area contributed by atoms with E-state index in [0.29, 0.717) is 33.6 Å². The lowest BCUT2D eigenvalue weighted by molar-refractivity contribution is -0.269. The van der Waals surface area contributed by atoms with Gasteiger partial charge in [0.25, 0.3) is 0 Å². The Morgan fingerprint density at radius 1 is 0.587 bits per heavy atom. The van der Waals surface area contributed by atoms with Crippen LogP contribution >= 0.6 is 0 Å². The zero-order valence-electron chi connectivity index (χ0n) is 44.7. The van der Waals surface area contributed by atoms with E-state index in [2.05, 4.69) is 139 Å². The van der Waals surface area contributed by atoms with Gasteiger partial charge in [-0.2, -0.15) is 0 Å². The van der Waals surface area contributed by atoms with Gasteiger partial charge in [-0.1, -0.05) is 200 Å². The fourth-order valence-electron chi connectivity index (χ4n) is 10.8. The number of carbonyl (C=O) groups is 1. The summed E-state index contributed by atoms with van der Waals surface area (Å²) in [4.78, 5) is 28.5. The van der Waals surface area contributed by atoms with Gasteiger partial charge in [-0.25, -0.2) is 0 Å². The summed E-state index contributed by atoms with van der Waals surface area (Å²) in [6.07, 6.45) is -3.37. The maximum absolute atomic E-state index is 15.5. The van der Waals surface area contributed by atoms with Crippen LogP contribution in [0.5, 0.6) is 17.2 Å². The van der Waals surface area contributed by atoms with Gasteiger partial charge in [0.2, 0.25) is 17.5 Å². The zero-order chi connectivity index (χ0) is 53.1. The van der Waals surface area contributed by atoms with Gasteiger partial charge in [0, 0.05) is 24.5 Å². The molecule has 0 bridgehead atoms. The topological polar surface area (TPSA) is 103 Å². The Morgan fingerprint density at radius 2 is 1.04 bits per heavy atom. The van der Waals surface area contributed by atoms with E-state index in [1.807, 2.05) is 112 Å². The maximum atomic E-state index is 15.5. The fraction of sp³-hybridized carbons (Fsp3) is 0.281. The van der Waals surface area contributed by atoms with Gasteiger partial charge in [-0.05, 0) is 86.1 Å². The number of rotatable bonds is 15. The minimum Gasteiger partial charge on any atom is -0.534 e. The molecule has 7 aromatic carbocycles. The monoisotopic (exact) mass is 1040 g/mol. The highest BCUT2D eigenvalue weighted by atomic mass is 28.4. The van der Waals surface area contributed by atoms with Crippen LogP contribution in [0.1, 0.15) is 73.4 Å². The molecule has 5 atom stereocenters. The first-order valence-electron chi connectivity index (χ1n) is 25.9. The summed E-state index contributed by atoms with van der Waals surface area (Å²) in [7, 11) is -6.13. The predicted octanol–water partition coefficient (Wildman–Crippen LogP) is 11.9. The molecular formula is C64H68O9Si2. The van der Waals surface area contributed by atoms with Gasteiger partial charge in [0.05, 0.1) is 18.1 Å². The number of carbonyl (C=O) groups excluding carboxylic acids is 1. The Labute approximate surface area is 443 Å². The first kappa shape index (κ1) is 52.8. The highest BCUT2D eigenvalue weighted by molar-refractivity contribution is 7.00. The number of hydrogen-bond donors (Lipinski definition) is 0. The molecule has 0 N–H and O–H groups in total. The fourth-order valence-corrected chi connectivity index (χ4v) is 19.6. The van der Waals surface area contributed by atoms with Gasteiger partial charge in [-0.3, -0.25) is 9.59 Å². The van der Waals surface area contributed by atoms with Crippen molar-refractivity contribution in [1.82, 2.24) is 0 Å². The number of ether oxygens (including phenoxy) is 4. The molecule has 0 saturated carbocycles. The number of benzene rings is 7. The van der Waals surface area contributed by atoms with Crippen LogP contribution in [-0.2, 0) is 25.6 Å². The lowest BCUT2D eigenvalue weighted by atomic mass is 9.91. The molecule has 1 fully saturated rings. The van der Waals surface area contributed by atoms with E-state index in [4.69, 9.17) is 32.2 Å². The Balaban J connectivity index is 1.20. The minimum atomic E-state index is -3.11. The van der Waals surface area contributed by atoms with E-state index >= 15 is 4.79 Å². The zero-order valence-corrected chi connectivity index (χ0v) is 46.7. The molecule has 1 aliphatic heterocycles. The standard InChI is InChI=1S/C64H68O9Si2/c1-43-40-50(73-75(64(8,9)10,53-32-22-14-23-33-53)54-34-24-15-25-35-54)41-55-56(43)57(66)60(71-62-61(69-46(4)65)58(44(2)45(3)68-62)67-42-47-26-16-11-17-27-47)59(70-55)48-36-38-49(39-37-48)72-74(63(5,6)7,51-28-18-12-19-29-51)52-30-20-13-21-31-52/h11-41,44-45,58,61-62H,42H2,1-10H3. The van der Waals surface area contributed by atoms with Crippen molar-refractivity contribution in [3.63, 3.8) is 0 Å². The second-order valence-electron chi connectivity index (χ2n) is 21.8. The lowest BCUT2D eigenvalue weighted by Gasteiger charge is -2.43. The van der Waals surface area contributed by atoms with Gasteiger partial charge in [0.1, 0.15) is 23.2 Å². The molecule has 1 aromatic heterocycles. The molecule has 0 spiro atoms. The third-order valence-corrected chi connectivity index (χ3v) is 24.5. The van der Waals surface area contributed by atoms with Crippen LogP contribution in [0.25, 0.3) is 22.3 Å². The van der Waals surface area contributed by atoms with Crippen LogP contribution in [-0.4, -0.2) is 47.2 Å². The Hall–Kier alpha value is -7.03. The summed E-state index contributed by atoms with van der Waals surface area (Å²) in [6, 6.07) is 63.0. The van der Waals surface area contributed by atoms with Crippen LogP contribution < -0.4 is 39.8 Å². The summed E-state index contributed by atoms with van der Waals surface area (Å²) in [6.45, 7) is 20.8. The molecule has 2 heterocycles. The van der Waals surface area contributed by atoms with Crippen molar-refractivity contribution in [2.45, 2.75) is 111 Å². The predicted molar refractivity (Wildman–Crippen MR) is 304 cm³/mol. The molecule has 1 saturated heterocycles. The summed E-state index contributed by atoms with van der Waals surface area (Å²) in [5.74, 6) is 0.519. The second-order valence-corrected chi connectivity index (χ2v) is 30.2. The van der Waals surface area contributed by atoms with E-state index in [1.54, 1.807) is 0 Å². The van der Waals surface area contributed by atoms with Crippen LogP contribution in [0.4, 0.5) is 0 Å². The molecule has 0 radical (unpaired) electrons. The van der Waals surface area contributed by atoms with Crippen molar-refractivity contribution in [3.05, 3.63) is 209 Å². The smallest absolute Gasteiger partial charge is 0.319 e. The van der Waals surface area contributed by atoms with Gasteiger partial charge in [0.15, 0.2) is 11.9 Å². The summed E-state index contributed by atoms with van der Waals surface area (Å²) in [5.41, 5.74) is 2.03. The van der Waals surface area contributed by atoms with Crippen LogP contribution in [0, 0.1) is 12.8 Å². The first-order chi connectivity index (χ1) is 35.9. The average molecular weight is 1040 g/mol. The average Bonchev–Trinajstić information content (AvgIpc) is 3.40. The van der Waals surface area contributed by atoms with Crippen molar-refractivity contribution in [2.24, 2.45) is 5.92 Å². The lowest BCUT2D eigenvalue weighted by Crippen LogP contribution is -2.68. The normalized spacial score (nSPS) is 18.3. The Morgan fingerprint density at radius 3 is 1.49 bits per heavy atom. The third-order valence-electron chi connectivity index (χ3n) is 14.6. The summed E-state index contributed by atoms with van der Waals surface area (Å²) < 4.78 is 48.0. The summed E-state index contributed by atoms with van der Waals surface area (Å²) in [5, 5.41) is 4.18. The Bertz CT molecular complexity index is 3190. The molecule has 9 nitrogen and oxygen atoms in total. The van der Waals surface area contributed by atoms with Crippen molar-refractivity contribution in [1.29, 1.82) is 0 Å². The number of esters is 1. The van der Waals surface area contributed by atoms with Crippen molar-refractivity contribution < 1.29 is 37.0 Å². The SMILES string of the molecule is CC(=O)OC1C(Oc2c(-c3ccc(O[Si](c4ccccc4)(c4ccccc4)C(C)(C)C)cc3)oc3cc(O[Si](c4ccccc4)(c4ccccc4)C(C)(C)C)cc(C)c3c2=O)OC(C)C(C)C1OCc1ccccc1. The molecule has 0 amide bonds. The second kappa shape index (κ2) is 21.7. The molecule has 75 heavy (non-hydrogen) atoms. The molecule has 5 unspecified atom stereocenters. The van der Waals surface area contributed by atoms with Gasteiger partial charge < -0.3 is 32.2 Å². The number of fused-ring (bicyclic) bond motifs is 1. The van der Waals surface area contributed by atoms with E-state index in [1.165, 1.54) is 6.92 Å². The van der Waals surface area contributed by atoms with Crippen molar-refractivity contribution in [2.75, 3.05) is 0 Å². The molecule has 8 aromatic rings. The highest BCUT2D eigenvalue weighted by Gasteiger charge is 2.54. The van der Waals surface area contributed by atoms with Crippen LogP contribution in [0.3, 0.4) is 0 Å². The van der Waals surface area contributed by atoms with Crippen molar-refractivity contribution in [3.8, 4) is 28.6 Å². The minimum absolute atomic E-state index is 0.0994. The molecule has 11 heteroatoms. The Kier molecular flexibility index (Phi) is 15.3. The highest BCUT2D eigenvalue weighted by Crippen LogP contribution is 2.43. The third kappa shape index (κ3) is 10.5. The largest absolute Gasteiger partial charge is 0.534 e. The van der Waals surface area contributed by atoms with Crippen LogP contribution in [0.2, 0.25) is 10.1 Å². The maximum Gasteiger partial charge on any atom is 0.319 e. The molecule has 0 aliphatic carbocycles. The summed E-state index contributed by atoms with van der Waals surface area (Å²) >= 11 is 0. The molecule has 1 aliphatic rings. The van der Waals surface area contributed by atoms with Crippen LogP contribution in [0.15, 0.2) is 197 Å².